The average Bonchev–Trinajstić information content (AvgIpc) is 3.34. The van der Waals surface area contributed by atoms with Crippen molar-refractivity contribution < 1.29 is 4.39 Å². The standard InChI is InChI=1S/C21H19FN4S2/c1-3-14-4-6-16(7-5-14)20-23-18(12-27-20)13-28-21-25-24-19(26(21)2)15-8-10-17(22)11-9-15/h4-12H,3,13H2,1-2H3. The molecule has 0 aliphatic carbocycles. The number of benzene rings is 2. The summed E-state index contributed by atoms with van der Waals surface area (Å²) >= 11 is 3.25. The number of thioether (sulfide) groups is 1. The zero-order valence-electron chi connectivity index (χ0n) is 15.6. The van der Waals surface area contributed by atoms with Gasteiger partial charge in [-0.15, -0.1) is 21.5 Å². The molecule has 0 N–H and O–H groups in total. The van der Waals surface area contributed by atoms with Crippen LogP contribution >= 0.6 is 23.1 Å². The van der Waals surface area contributed by atoms with E-state index in [1.54, 1.807) is 35.2 Å². The summed E-state index contributed by atoms with van der Waals surface area (Å²) in [5.41, 5.74) is 4.34. The van der Waals surface area contributed by atoms with Crippen molar-refractivity contribution in [3.8, 4) is 22.0 Å². The lowest BCUT2D eigenvalue weighted by Crippen LogP contribution is -1.95. The van der Waals surface area contributed by atoms with Gasteiger partial charge in [-0.05, 0) is 36.2 Å². The van der Waals surface area contributed by atoms with Crippen LogP contribution in [0.1, 0.15) is 18.2 Å². The summed E-state index contributed by atoms with van der Waals surface area (Å²) < 4.78 is 15.1. The van der Waals surface area contributed by atoms with Crippen LogP contribution in [0.5, 0.6) is 0 Å². The van der Waals surface area contributed by atoms with Crippen LogP contribution in [0.3, 0.4) is 0 Å². The molecule has 4 rings (SSSR count). The Morgan fingerprint density at radius 3 is 2.43 bits per heavy atom. The molecule has 0 amide bonds. The fourth-order valence-corrected chi connectivity index (χ4v) is 4.55. The van der Waals surface area contributed by atoms with E-state index in [4.69, 9.17) is 4.98 Å². The topological polar surface area (TPSA) is 43.6 Å². The fraction of sp³-hybridized carbons (Fsp3) is 0.190. The maximum atomic E-state index is 13.1. The molecule has 0 aliphatic rings. The molecule has 0 fully saturated rings. The zero-order chi connectivity index (χ0) is 19.5. The van der Waals surface area contributed by atoms with Crippen molar-refractivity contribution in [3.05, 3.63) is 71.0 Å². The molecular weight excluding hydrogens is 391 g/mol. The van der Waals surface area contributed by atoms with Crippen molar-refractivity contribution in [1.82, 2.24) is 19.7 Å². The van der Waals surface area contributed by atoms with Gasteiger partial charge in [0.15, 0.2) is 11.0 Å². The quantitative estimate of drug-likeness (QED) is 0.388. The highest BCUT2D eigenvalue weighted by Gasteiger charge is 2.13. The van der Waals surface area contributed by atoms with Crippen molar-refractivity contribution in [1.29, 1.82) is 0 Å². The van der Waals surface area contributed by atoms with Crippen molar-refractivity contribution in [3.63, 3.8) is 0 Å². The molecule has 2 aromatic heterocycles. The summed E-state index contributed by atoms with van der Waals surface area (Å²) in [6.07, 6.45) is 1.04. The lowest BCUT2D eigenvalue weighted by Gasteiger charge is -2.03. The van der Waals surface area contributed by atoms with E-state index in [2.05, 4.69) is 46.8 Å². The molecule has 28 heavy (non-hydrogen) atoms. The Kier molecular flexibility index (Phi) is 5.54. The molecule has 2 aromatic carbocycles. The second-order valence-electron chi connectivity index (χ2n) is 6.36. The number of halogens is 1. The molecule has 0 saturated heterocycles. The maximum absolute atomic E-state index is 13.1. The lowest BCUT2D eigenvalue weighted by molar-refractivity contribution is 0.628. The number of hydrogen-bond acceptors (Lipinski definition) is 5. The summed E-state index contributed by atoms with van der Waals surface area (Å²) in [7, 11) is 1.92. The van der Waals surface area contributed by atoms with E-state index in [1.807, 2.05) is 11.6 Å². The molecule has 0 atom stereocenters. The minimum Gasteiger partial charge on any atom is -0.305 e. The molecule has 2 heterocycles. The summed E-state index contributed by atoms with van der Waals surface area (Å²) in [6.45, 7) is 2.15. The highest BCUT2D eigenvalue weighted by Crippen LogP contribution is 2.29. The largest absolute Gasteiger partial charge is 0.305 e. The minimum absolute atomic E-state index is 0.260. The van der Waals surface area contributed by atoms with Gasteiger partial charge in [-0.25, -0.2) is 9.37 Å². The highest BCUT2D eigenvalue weighted by molar-refractivity contribution is 7.98. The maximum Gasteiger partial charge on any atom is 0.191 e. The average molecular weight is 411 g/mol. The third kappa shape index (κ3) is 4.00. The van der Waals surface area contributed by atoms with Gasteiger partial charge in [0.25, 0.3) is 0 Å². The Morgan fingerprint density at radius 1 is 1.00 bits per heavy atom. The van der Waals surface area contributed by atoms with Crippen molar-refractivity contribution in [2.24, 2.45) is 7.05 Å². The number of hydrogen-bond donors (Lipinski definition) is 0. The number of aryl methyl sites for hydroxylation is 1. The van der Waals surface area contributed by atoms with Gasteiger partial charge < -0.3 is 4.57 Å². The first-order chi connectivity index (χ1) is 13.6. The van der Waals surface area contributed by atoms with Gasteiger partial charge in [0.1, 0.15) is 10.8 Å². The minimum atomic E-state index is -0.260. The van der Waals surface area contributed by atoms with Gasteiger partial charge in [-0.2, -0.15) is 0 Å². The Hall–Kier alpha value is -2.51. The number of thiazole rings is 1. The zero-order valence-corrected chi connectivity index (χ0v) is 17.2. The molecule has 0 aliphatic heterocycles. The van der Waals surface area contributed by atoms with Crippen LogP contribution < -0.4 is 0 Å². The third-order valence-corrected chi connectivity index (χ3v) is 6.44. The van der Waals surface area contributed by atoms with Gasteiger partial charge in [-0.3, -0.25) is 0 Å². The summed E-state index contributed by atoms with van der Waals surface area (Å²) in [5, 5.41) is 12.4. The molecule has 0 bridgehead atoms. The third-order valence-electron chi connectivity index (χ3n) is 4.45. The van der Waals surface area contributed by atoms with E-state index in [9.17, 15) is 4.39 Å². The van der Waals surface area contributed by atoms with Crippen LogP contribution in [0, 0.1) is 5.82 Å². The van der Waals surface area contributed by atoms with Crippen LogP contribution in [0.25, 0.3) is 22.0 Å². The van der Waals surface area contributed by atoms with Crippen LogP contribution in [0.15, 0.2) is 59.1 Å². The second kappa shape index (κ2) is 8.24. The van der Waals surface area contributed by atoms with Gasteiger partial charge in [0.2, 0.25) is 0 Å². The molecule has 142 valence electrons. The molecule has 0 spiro atoms. The summed E-state index contributed by atoms with van der Waals surface area (Å²) in [4.78, 5) is 4.75. The Bertz CT molecular complexity index is 1070. The molecule has 4 nitrogen and oxygen atoms in total. The molecule has 0 radical (unpaired) electrons. The van der Waals surface area contributed by atoms with Crippen molar-refractivity contribution in [2.75, 3.05) is 0 Å². The normalized spacial score (nSPS) is 11.1. The van der Waals surface area contributed by atoms with E-state index in [1.165, 1.54) is 17.7 Å². The van der Waals surface area contributed by atoms with Crippen molar-refractivity contribution in [2.45, 2.75) is 24.3 Å². The Morgan fingerprint density at radius 2 is 1.71 bits per heavy atom. The van der Waals surface area contributed by atoms with E-state index < -0.39 is 0 Å². The van der Waals surface area contributed by atoms with Gasteiger partial charge in [0.05, 0.1) is 5.69 Å². The monoisotopic (exact) mass is 410 g/mol. The molecule has 0 unspecified atom stereocenters. The van der Waals surface area contributed by atoms with Crippen LogP contribution in [-0.4, -0.2) is 19.7 Å². The summed E-state index contributed by atoms with van der Waals surface area (Å²) in [6, 6.07) is 14.9. The summed E-state index contributed by atoms with van der Waals surface area (Å²) in [5.74, 6) is 1.18. The number of aromatic nitrogens is 4. The molecular formula is C21H19FN4S2. The van der Waals surface area contributed by atoms with E-state index in [-0.39, 0.29) is 5.82 Å². The smallest absolute Gasteiger partial charge is 0.191 e. The van der Waals surface area contributed by atoms with Crippen LogP contribution in [-0.2, 0) is 19.2 Å². The molecule has 4 aromatic rings. The Labute approximate surface area is 171 Å². The second-order valence-corrected chi connectivity index (χ2v) is 8.16. The van der Waals surface area contributed by atoms with Gasteiger partial charge >= 0.3 is 0 Å². The number of rotatable bonds is 6. The molecule has 0 saturated carbocycles. The lowest BCUT2D eigenvalue weighted by atomic mass is 10.1. The SMILES string of the molecule is CCc1ccc(-c2nc(CSc3nnc(-c4ccc(F)cc4)n3C)cs2)cc1. The predicted octanol–water partition coefficient (Wildman–Crippen LogP) is 5.60. The predicted molar refractivity (Wildman–Crippen MR) is 113 cm³/mol. The van der Waals surface area contributed by atoms with Gasteiger partial charge in [0, 0.05) is 29.3 Å². The van der Waals surface area contributed by atoms with E-state index >= 15 is 0 Å². The van der Waals surface area contributed by atoms with Crippen LogP contribution in [0.2, 0.25) is 0 Å². The van der Waals surface area contributed by atoms with E-state index in [0.29, 0.717) is 0 Å². The van der Waals surface area contributed by atoms with Crippen LogP contribution in [0.4, 0.5) is 4.39 Å². The Balaban J connectivity index is 1.45. The first-order valence-electron chi connectivity index (χ1n) is 8.96. The first-order valence-corrected chi connectivity index (χ1v) is 10.8. The first kappa shape index (κ1) is 18.8. The van der Waals surface area contributed by atoms with Crippen molar-refractivity contribution >= 4 is 23.1 Å². The van der Waals surface area contributed by atoms with Gasteiger partial charge in [-0.1, -0.05) is 43.0 Å². The highest BCUT2D eigenvalue weighted by atomic mass is 32.2. The van der Waals surface area contributed by atoms with E-state index in [0.717, 1.165) is 45.0 Å². The fourth-order valence-electron chi connectivity index (χ4n) is 2.82. The molecule has 7 heteroatoms. The number of nitrogens with zero attached hydrogens (tertiary/aromatic N) is 4.